The number of nitrogens with zero attached hydrogens (tertiary/aromatic N) is 3. The number of nitrogens with one attached hydrogen (secondary N) is 1. The SMILES string of the molecule is Cc1oncc1/C(O)=C(\C#N)C(=O)Nc1ccc(C(F)(F)F)c(C#N)c1. The molecule has 0 spiro atoms. The summed E-state index contributed by atoms with van der Waals surface area (Å²) in [5.41, 5.74) is -2.69. The summed E-state index contributed by atoms with van der Waals surface area (Å²) in [5.74, 6) is -1.62. The third-order valence-corrected chi connectivity index (χ3v) is 3.28. The highest BCUT2D eigenvalue weighted by molar-refractivity contribution is 6.11. The topological polar surface area (TPSA) is 123 Å². The molecule has 2 aromatic rings. The van der Waals surface area contributed by atoms with Crippen LogP contribution in [0.15, 0.2) is 34.5 Å². The average molecular weight is 362 g/mol. The molecule has 0 aliphatic rings. The van der Waals surface area contributed by atoms with Gasteiger partial charge in [0, 0.05) is 5.69 Å². The quantitative estimate of drug-likeness (QED) is 0.491. The van der Waals surface area contributed by atoms with Crippen LogP contribution < -0.4 is 5.32 Å². The predicted octanol–water partition coefficient (Wildman–Crippen LogP) is 3.30. The lowest BCUT2D eigenvalue weighted by Crippen LogP contribution is -2.16. The Kier molecular flexibility index (Phi) is 4.98. The summed E-state index contributed by atoms with van der Waals surface area (Å²) in [6.07, 6.45) is -3.63. The van der Waals surface area contributed by atoms with E-state index in [4.69, 9.17) is 15.0 Å². The van der Waals surface area contributed by atoms with Gasteiger partial charge in [0.25, 0.3) is 5.91 Å². The number of benzene rings is 1. The van der Waals surface area contributed by atoms with Gasteiger partial charge in [-0.1, -0.05) is 5.16 Å². The lowest BCUT2D eigenvalue weighted by molar-refractivity contribution is -0.137. The first kappa shape index (κ1) is 18.5. The molecule has 7 nitrogen and oxygen atoms in total. The van der Waals surface area contributed by atoms with Gasteiger partial charge >= 0.3 is 6.18 Å². The molecule has 0 saturated heterocycles. The number of aliphatic hydroxyl groups excluding tert-OH is 1. The molecule has 1 aromatic carbocycles. The van der Waals surface area contributed by atoms with E-state index >= 15 is 0 Å². The molecule has 2 rings (SSSR count). The molecule has 26 heavy (non-hydrogen) atoms. The van der Waals surface area contributed by atoms with Gasteiger partial charge in [-0.2, -0.15) is 23.7 Å². The van der Waals surface area contributed by atoms with Crippen LogP contribution in [0.1, 0.15) is 22.5 Å². The van der Waals surface area contributed by atoms with Crippen molar-refractivity contribution in [2.75, 3.05) is 5.32 Å². The number of aryl methyl sites for hydroxylation is 1. The molecule has 132 valence electrons. The highest BCUT2D eigenvalue weighted by atomic mass is 19.4. The predicted molar refractivity (Wildman–Crippen MR) is 81.2 cm³/mol. The molecule has 0 radical (unpaired) electrons. The van der Waals surface area contributed by atoms with Crippen molar-refractivity contribution in [1.82, 2.24) is 5.16 Å². The lowest BCUT2D eigenvalue weighted by Gasteiger charge is -2.11. The number of carbonyl (C=O) groups is 1. The summed E-state index contributed by atoms with van der Waals surface area (Å²) >= 11 is 0. The van der Waals surface area contributed by atoms with Crippen molar-refractivity contribution in [2.24, 2.45) is 0 Å². The van der Waals surface area contributed by atoms with Gasteiger partial charge in [0.15, 0.2) is 11.3 Å². The van der Waals surface area contributed by atoms with Gasteiger partial charge in [0.2, 0.25) is 0 Å². The second kappa shape index (κ2) is 6.99. The number of anilines is 1. The highest BCUT2D eigenvalue weighted by Gasteiger charge is 2.33. The highest BCUT2D eigenvalue weighted by Crippen LogP contribution is 2.33. The zero-order chi connectivity index (χ0) is 19.5. The molecule has 10 heteroatoms. The van der Waals surface area contributed by atoms with E-state index in [1.165, 1.54) is 19.1 Å². The van der Waals surface area contributed by atoms with Gasteiger partial charge in [-0.05, 0) is 25.1 Å². The van der Waals surface area contributed by atoms with Crippen molar-refractivity contribution in [3.05, 3.63) is 52.4 Å². The number of carbonyl (C=O) groups excluding carboxylic acids is 1. The van der Waals surface area contributed by atoms with Gasteiger partial charge in [0.05, 0.1) is 29.0 Å². The zero-order valence-electron chi connectivity index (χ0n) is 13.0. The number of halogens is 3. The Labute approximate surface area is 144 Å². The van der Waals surface area contributed by atoms with E-state index in [0.29, 0.717) is 6.07 Å². The van der Waals surface area contributed by atoms with Gasteiger partial charge < -0.3 is 14.9 Å². The Morgan fingerprint density at radius 2 is 2.04 bits per heavy atom. The van der Waals surface area contributed by atoms with Crippen LogP contribution in [-0.2, 0) is 11.0 Å². The average Bonchev–Trinajstić information content (AvgIpc) is 3.00. The Bertz CT molecular complexity index is 978. The largest absolute Gasteiger partial charge is 0.506 e. The summed E-state index contributed by atoms with van der Waals surface area (Å²) in [4.78, 5) is 12.2. The first-order valence-electron chi connectivity index (χ1n) is 6.86. The van der Waals surface area contributed by atoms with Crippen LogP contribution in [-0.4, -0.2) is 16.2 Å². The fraction of sp³-hybridized carbons (Fsp3) is 0.125. The molecule has 1 amide bonds. The molecule has 1 heterocycles. The minimum absolute atomic E-state index is 0.0156. The third kappa shape index (κ3) is 3.65. The van der Waals surface area contributed by atoms with Crippen molar-refractivity contribution in [3.63, 3.8) is 0 Å². The van der Waals surface area contributed by atoms with Crippen LogP contribution in [0.2, 0.25) is 0 Å². The molecule has 0 bridgehead atoms. The molecular weight excluding hydrogens is 353 g/mol. The van der Waals surface area contributed by atoms with E-state index in [9.17, 15) is 23.1 Å². The summed E-state index contributed by atoms with van der Waals surface area (Å²) < 4.78 is 43.1. The Morgan fingerprint density at radius 1 is 1.35 bits per heavy atom. The van der Waals surface area contributed by atoms with E-state index in [1.54, 1.807) is 0 Å². The lowest BCUT2D eigenvalue weighted by atomic mass is 10.1. The fourth-order valence-electron chi connectivity index (χ4n) is 2.03. The second-order valence-electron chi connectivity index (χ2n) is 4.96. The summed E-state index contributed by atoms with van der Waals surface area (Å²) in [6.45, 7) is 1.44. The number of rotatable bonds is 3. The minimum atomic E-state index is -4.73. The van der Waals surface area contributed by atoms with Gasteiger partial charge in [-0.25, -0.2) is 0 Å². The van der Waals surface area contributed by atoms with Gasteiger partial charge in [-0.3, -0.25) is 4.79 Å². The number of nitriles is 2. The number of aromatic nitrogens is 1. The molecule has 0 atom stereocenters. The van der Waals surface area contributed by atoms with Crippen molar-refractivity contribution < 1.29 is 27.6 Å². The zero-order valence-corrected chi connectivity index (χ0v) is 13.0. The number of alkyl halides is 3. The van der Waals surface area contributed by atoms with Crippen LogP contribution in [0.3, 0.4) is 0 Å². The summed E-state index contributed by atoms with van der Waals surface area (Å²) in [6, 6.07) is 5.28. The smallest absolute Gasteiger partial charge is 0.417 e. The molecular formula is C16H9F3N4O3. The number of hydrogen-bond acceptors (Lipinski definition) is 6. The normalized spacial score (nSPS) is 11.9. The second-order valence-corrected chi connectivity index (χ2v) is 4.96. The van der Waals surface area contributed by atoms with E-state index < -0.39 is 34.5 Å². The molecule has 0 fully saturated rings. The molecule has 0 saturated carbocycles. The van der Waals surface area contributed by atoms with Crippen LogP contribution >= 0.6 is 0 Å². The van der Waals surface area contributed by atoms with Crippen LogP contribution in [0.5, 0.6) is 0 Å². The van der Waals surface area contributed by atoms with Crippen molar-refractivity contribution in [1.29, 1.82) is 10.5 Å². The standard InChI is InChI=1S/C16H9F3N4O3/c1-8-12(7-22-26-8)14(24)11(6-21)15(25)23-10-2-3-13(16(17,18)19)9(4-10)5-20/h2-4,7,24H,1H3,(H,23,25)/b14-11-. The van der Waals surface area contributed by atoms with E-state index in [-0.39, 0.29) is 17.0 Å². The fourth-order valence-corrected chi connectivity index (χ4v) is 2.03. The molecule has 0 unspecified atom stereocenters. The number of aliphatic hydroxyl groups is 1. The maximum atomic E-state index is 12.8. The van der Waals surface area contributed by atoms with Gasteiger partial charge in [0.1, 0.15) is 11.8 Å². The first-order valence-corrected chi connectivity index (χ1v) is 6.86. The molecule has 2 N–H and O–H groups in total. The maximum Gasteiger partial charge on any atom is 0.417 e. The van der Waals surface area contributed by atoms with Crippen molar-refractivity contribution in [2.45, 2.75) is 13.1 Å². The Balaban J connectivity index is 2.36. The number of amides is 1. The maximum absolute atomic E-state index is 12.8. The van der Waals surface area contributed by atoms with E-state index in [0.717, 1.165) is 18.3 Å². The van der Waals surface area contributed by atoms with Crippen LogP contribution in [0.4, 0.5) is 18.9 Å². The first-order chi connectivity index (χ1) is 12.2. The molecule has 0 aliphatic heterocycles. The van der Waals surface area contributed by atoms with E-state index in [1.807, 2.05) is 0 Å². The minimum Gasteiger partial charge on any atom is -0.506 e. The van der Waals surface area contributed by atoms with Crippen LogP contribution in [0, 0.1) is 29.6 Å². The molecule has 0 aliphatic carbocycles. The Morgan fingerprint density at radius 3 is 2.54 bits per heavy atom. The van der Waals surface area contributed by atoms with E-state index in [2.05, 4.69) is 10.5 Å². The molecule has 1 aromatic heterocycles. The van der Waals surface area contributed by atoms with Crippen LogP contribution in [0.25, 0.3) is 5.76 Å². The monoisotopic (exact) mass is 362 g/mol. The van der Waals surface area contributed by atoms with Crippen molar-refractivity contribution in [3.8, 4) is 12.1 Å². The summed E-state index contributed by atoms with van der Waals surface area (Å²) in [7, 11) is 0. The van der Waals surface area contributed by atoms with Gasteiger partial charge in [-0.15, -0.1) is 0 Å². The summed E-state index contributed by atoms with van der Waals surface area (Å²) in [5, 5.41) is 33.6. The Hall–Kier alpha value is -3.79. The third-order valence-electron chi connectivity index (χ3n) is 3.28. The van der Waals surface area contributed by atoms with Crippen molar-refractivity contribution >= 4 is 17.4 Å². The number of hydrogen-bond donors (Lipinski definition) is 2.